The second-order valence-electron chi connectivity index (χ2n) is 5.92. The number of ether oxygens (including phenoxy) is 1. The predicted octanol–water partition coefficient (Wildman–Crippen LogP) is 2.41. The maximum atomic E-state index is 12.1. The Morgan fingerprint density at radius 2 is 1.53 bits per heavy atom. The minimum absolute atomic E-state index is 0.0350. The number of rotatable bonds is 3. The van der Waals surface area contributed by atoms with Gasteiger partial charge >= 0.3 is 5.97 Å². The van der Waals surface area contributed by atoms with E-state index < -0.39 is 0 Å². The first-order valence-electron chi connectivity index (χ1n) is 7.59. The van der Waals surface area contributed by atoms with E-state index in [1.165, 1.54) is 26.4 Å². The van der Waals surface area contributed by atoms with Crippen molar-refractivity contribution in [2.24, 2.45) is 11.8 Å². The zero-order valence-corrected chi connectivity index (χ0v) is 11.8. The fourth-order valence-corrected chi connectivity index (χ4v) is 3.32. The highest BCUT2D eigenvalue weighted by atomic mass is 16.5. The van der Waals surface area contributed by atoms with Crippen LogP contribution in [0.25, 0.3) is 0 Å². The topological polar surface area (TPSA) is 55.4 Å². The average Bonchev–Trinajstić information content (AvgIpc) is 2.48. The molecule has 0 spiro atoms. The molecule has 0 unspecified atom stereocenters. The molecule has 0 radical (unpaired) electrons. The third-order valence-corrected chi connectivity index (χ3v) is 4.58. The molecular formula is C15H25NO3. The zero-order chi connectivity index (χ0) is 13.7. The number of hydrogen-bond donors (Lipinski definition) is 1. The van der Waals surface area contributed by atoms with Crippen molar-refractivity contribution in [3.8, 4) is 0 Å². The highest BCUT2D eigenvalue weighted by molar-refractivity contribution is 5.79. The molecule has 2 aliphatic carbocycles. The van der Waals surface area contributed by atoms with Crippen molar-refractivity contribution in [1.29, 1.82) is 0 Å². The van der Waals surface area contributed by atoms with Gasteiger partial charge < -0.3 is 10.1 Å². The van der Waals surface area contributed by atoms with Crippen molar-refractivity contribution in [3.05, 3.63) is 0 Å². The van der Waals surface area contributed by atoms with E-state index >= 15 is 0 Å². The van der Waals surface area contributed by atoms with Crippen LogP contribution in [0, 0.1) is 11.8 Å². The summed E-state index contributed by atoms with van der Waals surface area (Å²) in [7, 11) is 1.44. The Balaban J connectivity index is 1.72. The second-order valence-corrected chi connectivity index (χ2v) is 5.92. The first-order valence-corrected chi connectivity index (χ1v) is 7.59. The number of hydrogen-bond acceptors (Lipinski definition) is 3. The summed E-state index contributed by atoms with van der Waals surface area (Å²) in [5.74, 6) is 0.401. The minimum atomic E-state index is -0.0999. The molecule has 2 fully saturated rings. The Morgan fingerprint density at radius 3 is 2.11 bits per heavy atom. The number of carbonyl (C=O) groups is 2. The molecule has 2 aliphatic rings. The van der Waals surface area contributed by atoms with E-state index in [0.29, 0.717) is 0 Å². The van der Waals surface area contributed by atoms with Crippen molar-refractivity contribution in [1.82, 2.24) is 5.32 Å². The summed E-state index contributed by atoms with van der Waals surface area (Å²) >= 11 is 0. The van der Waals surface area contributed by atoms with E-state index in [4.69, 9.17) is 4.74 Å². The quantitative estimate of drug-likeness (QED) is 0.799. The summed E-state index contributed by atoms with van der Waals surface area (Å²) in [6.07, 6.45) is 9.21. The highest BCUT2D eigenvalue weighted by Crippen LogP contribution is 2.27. The monoisotopic (exact) mass is 267 g/mol. The van der Waals surface area contributed by atoms with Crippen LogP contribution in [0.5, 0.6) is 0 Å². The molecule has 4 heteroatoms. The Hall–Kier alpha value is -1.06. The van der Waals surface area contributed by atoms with Gasteiger partial charge in [-0.25, -0.2) is 0 Å². The van der Waals surface area contributed by atoms with Crippen molar-refractivity contribution in [2.45, 2.75) is 63.8 Å². The van der Waals surface area contributed by atoms with Crippen LogP contribution in [0.3, 0.4) is 0 Å². The van der Waals surface area contributed by atoms with Crippen LogP contribution in [0.2, 0.25) is 0 Å². The maximum Gasteiger partial charge on any atom is 0.308 e. The fourth-order valence-electron chi connectivity index (χ4n) is 3.32. The van der Waals surface area contributed by atoms with Gasteiger partial charge in [-0.05, 0) is 38.5 Å². The van der Waals surface area contributed by atoms with Gasteiger partial charge in [-0.15, -0.1) is 0 Å². The molecule has 1 N–H and O–H groups in total. The summed E-state index contributed by atoms with van der Waals surface area (Å²) in [5.41, 5.74) is 0. The molecule has 0 aromatic rings. The summed E-state index contributed by atoms with van der Waals surface area (Å²) in [4.78, 5) is 23.6. The number of amides is 1. The van der Waals surface area contributed by atoms with Crippen LogP contribution in [0.4, 0.5) is 0 Å². The van der Waals surface area contributed by atoms with Gasteiger partial charge in [-0.3, -0.25) is 9.59 Å². The molecule has 0 aromatic carbocycles. The van der Waals surface area contributed by atoms with Crippen LogP contribution in [0.15, 0.2) is 0 Å². The van der Waals surface area contributed by atoms with Gasteiger partial charge in [0.15, 0.2) is 0 Å². The minimum Gasteiger partial charge on any atom is -0.469 e. The molecule has 108 valence electrons. The molecule has 0 atom stereocenters. The second kappa shape index (κ2) is 6.92. The standard InChI is InChI=1S/C15H25NO3/c1-19-15(18)12-7-9-13(10-8-12)16-14(17)11-5-3-2-4-6-11/h11-13H,2-10H2,1H3,(H,16,17). The van der Waals surface area contributed by atoms with Gasteiger partial charge in [0.1, 0.15) is 0 Å². The van der Waals surface area contributed by atoms with Gasteiger partial charge in [-0.1, -0.05) is 19.3 Å². The Bertz CT molecular complexity index is 315. The van der Waals surface area contributed by atoms with Crippen molar-refractivity contribution in [3.63, 3.8) is 0 Å². The first-order chi connectivity index (χ1) is 9.20. The maximum absolute atomic E-state index is 12.1. The molecule has 2 rings (SSSR count). The molecule has 19 heavy (non-hydrogen) atoms. The van der Waals surface area contributed by atoms with Gasteiger partial charge in [-0.2, -0.15) is 0 Å². The van der Waals surface area contributed by atoms with E-state index in [1.54, 1.807) is 0 Å². The molecule has 0 bridgehead atoms. The van der Waals surface area contributed by atoms with Crippen molar-refractivity contribution < 1.29 is 14.3 Å². The van der Waals surface area contributed by atoms with E-state index in [9.17, 15) is 9.59 Å². The summed E-state index contributed by atoms with van der Waals surface area (Å²) in [5, 5.41) is 3.18. The summed E-state index contributed by atoms with van der Waals surface area (Å²) < 4.78 is 4.77. The smallest absolute Gasteiger partial charge is 0.308 e. The molecular weight excluding hydrogens is 242 g/mol. The normalized spacial score (nSPS) is 28.7. The van der Waals surface area contributed by atoms with Crippen LogP contribution in [0.1, 0.15) is 57.8 Å². The Labute approximate surface area is 115 Å². The third kappa shape index (κ3) is 3.95. The first kappa shape index (κ1) is 14.4. The lowest BCUT2D eigenvalue weighted by Gasteiger charge is -2.29. The van der Waals surface area contributed by atoms with Gasteiger partial charge in [0.05, 0.1) is 13.0 Å². The molecule has 0 aliphatic heterocycles. The van der Waals surface area contributed by atoms with E-state index in [2.05, 4.69) is 5.32 Å². The lowest BCUT2D eigenvalue weighted by atomic mass is 9.84. The molecule has 0 aromatic heterocycles. The molecule has 0 heterocycles. The number of carbonyl (C=O) groups excluding carboxylic acids is 2. The lowest BCUT2D eigenvalue weighted by molar-refractivity contribution is -0.146. The number of nitrogens with one attached hydrogen (secondary N) is 1. The van der Waals surface area contributed by atoms with Crippen LogP contribution in [-0.4, -0.2) is 25.0 Å². The van der Waals surface area contributed by atoms with E-state index in [-0.39, 0.29) is 29.8 Å². The van der Waals surface area contributed by atoms with Crippen molar-refractivity contribution >= 4 is 11.9 Å². The van der Waals surface area contributed by atoms with Crippen molar-refractivity contribution in [2.75, 3.05) is 7.11 Å². The fraction of sp³-hybridized carbons (Fsp3) is 0.867. The third-order valence-electron chi connectivity index (χ3n) is 4.58. The van der Waals surface area contributed by atoms with Crippen LogP contribution < -0.4 is 5.32 Å². The molecule has 4 nitrogen and oxygen atoms in total. The Morgan fingerprint density at radius 1 is 0.895 bits per heavy atom. The zero-order valence-electron chi connectivity index (χ0n) is 11.8. The summed E-state index contributed by atoms with van der Waals surface area (Å²) in [6, 6.07) is 0.260. The van der Waals surface area contributed by atoms with Crippen LogP contribution >= 0.6 is 0 Å². The van der Waals surface area contributed by atoms with Gasteiger partial charge in [0.2, 0.25) is 5.91 Å². The average molecular weight is 267 g/mol. The van der Waals surface area contributed by atoms with Gasteiger partial charge in [0, 0.05) is 12.0 Å². The Kier molecular flexibility index (Phi) is 5.23. The SMILES string of the molecule is COC(=O)C1CCC(NC(=O)C2CCCCC2)CC1. The van der Waals surface area contributed by atoms with E-state index in [0.717, 1.165) is 38.5 Å². The number of methoxy groups -OCH3 is 1. The molecule has 0 saturated heterocycles. The highest BCUT2D eigenvalue weighted by Gasteiger charge is 2.29. The molecule has 2 saturated carbocycles. The predicted molar refractivity (Wildman–Crippen MR) is 72.5 cm³/mol. The van der Waals surface area contributed by atoms with Gasteiger partial charge in [0.25, 0.3) is 0 Å². The lowest BCUT2D eigenvalue weighted by Crippen LogP contribution is -2.42. The van der Waals surface area contributed by atoms with Crippen LogP contribution in [-0.2, 0) is 14.3 Å². The molecule has 1 amide bonds. The summed E-state index contributed by atoms with van der Waals surface area (Å²) in [6.45, 7) is 0. The largest absolute Gasteiger partial charge is 0.469 e. The van der Waals surface area contributed by atoms with E-state index in [1.807, 2.05) is 0 Å². The number of esters is 1.